The Kier molecular flexibility index (Phi) is 8.50. The lowest BCUT2D eigenvalue weighted by atomic mass is 10.1. The average molecular weight is 485 g/mol. The van der Waals surface area contributed by atoms with E-state index < -0.39 is 22.0 Å². The first-order valence-corrected chi connectivity index (χ1v) is 12.0. The fourth-order valence-corrected chi connectivity index (χ4v) is 4.64. The average Bonchev–Trinajstić information content (AvgIpc) is 2.87. The lowest BCUT2D eigenvalue weighted by Gasteiger charge is -2.20. The highest BCUT2D eigenvalue weighted by Gasteiger charge is 2.27. The number of carbonyl (C=O) groups excluding carboxylic acids is 1. The van der Waals surface area contributed by atoms with Gasteiger partial charge in [0.15, 0.2) is 11.5 Å². The van der Waals surface area contributed by atoms with Crippen LogP contribution in [0.25, 0.3) is 0 Å². The van der Waals surface area contributed by atoms with Crippen LogP contribution >= 0.6 is 0 Å². The van der Waals surface area contributed by atoms with Crippen LogP contribution in [0.1, 0.15) is 11.1 Å². The highest BCUT2D eigenvalue weighted by molar-refractivity contribution is 7.89. The Balaban J connectivity index is 1.84. The summed E-state index contributed by atoms with van der Waals surface area (Å²) in [6, 6.07) is 19.7. The van der Waals surface area contributed by atoms with Crippen LogP contribution in [-0.4, -0.2) is 41.7 Å². The molecule has 0 bridgehead atoms. The molecule has 2 N–H and O–H groups in total. The van der Waals surface area contributed by atoms with Crippen molar-refractivity contribution in [2.75, 3.05) is 21.3 Å². The molecule has 1 atom stereocenters. The molecule has 0 saturated carbocycles. The molecule has 3 aromatic carbocycles. The van der Waals surface area contributed by atoms with Gasteiger partial charge in [0.1, 0.15) is 11.8 Å². The number of hydrogen-bond acceptors (Lipinski definition) is 6. The molecule has 0 saturated heterocycles. The van der Waals surface area contributed by atoms with Crippen LogP contribution in [0.5, 0.6) is 17.2 Å². The third-order valence-electron chi connectivity index (χ3n) is 5.21. The SMILES string of the molecule is COc1ccccc1CNC(=O)[C@H](Cc1ccccc1)NS(=O)(=O)c1ccc(OC)c(OC)c1. The minimum atomic E-state index is -4.05. The number of nitrogens with one attached hydrogen (secondary N) is 2. The van der Waals surface area contributed by atoms with E-state index in [0.717, 1.165) is 11.1 Å². The number of methoxy groups -OCH3 is 3. The molecular formula is C25H28N2O6S. The molecule has 0 aliphatic heterocycles. The molecule has 3 rings (SSSR count). The van der Waals surface area contributed by atoms with Gasteiger partial charge < -0.3 is 19.5 Å². The first-order chi connectivity index (χ1) is 16.4. The van der Waals surface area contributed by atoms with E-state index >= 15 is 0 Å². The van der Waals surface area contributed by atoms with E-state index in [0.29, 0.717) is 11.5 Å². The summed E-state index contributed by atoms with van der Waals surface area (Å²) in [6.45, 7) is 0.187. The summed E-state index contributed by atoms with van der Waals surface area (Å²) in [5.74, 6) is 0.842. The van der Waals surface area contributed by atoms with E-state index in [4.69, 9.17) is 14.2 Å². The van der Waals surface area contributed by atoms with Crippen molar-refractivity contribution in [2.24, 2.45) is 0 Å². The Morgan fingerprint density at radius 1 is 0.824 bits per heavy atom. The van der Waals surface area contributed by atoms with Crippen molar-refractivity contribution in [1.29, 1.82) is 0 Å². The number of sulfonamides is 1. The molecule has 0 unspecified atom stereocenters. The second-order valence-electron chi connectivity index (χ2n) is 7.41. The van der Waals surface area contributed by atoms with E-state index in [-0.39, 0.29) is 23.6 Å². The summed E-state index contributed by atoms with van der Waals surface area (Å²) in [5, 5.41) is 2.82. The zero-order valence-electron chi connectivity index (χ0n) is 19.3. The molecule has 3 aromatic rings. The van der Waals surface area contributed by atoms with Gasteiger partial charge in [0.2, 0.25) is 15.9 Å². The molecule has 0 spiro atoms. The fraction of sp³-hybridized carbons (Fsp3) is 0.240. The maximum atomic E-state index is 13.2. The van der Waals surface area contributed by atoms with Gasteiger partial charge in [-0.1, -0.05) is 48.5 Å². The van der Waals surface area contributed by atoms with E-state index in [1.807, 2.05) is 48.5 Å². The molecular weight excluding hydrogens is 456 g/mol. The smallest absolute Gasteiger partial charge is 0.241 e. The molecule has 0 aromatic heterocycles. The van der Waals surface area contributed by atoms with Gasteiger partial charge in [0, 0.05) is 18.2 Å². The van der Waals surface area contributed by atoms with Crippen LogP contribution in [0.2, 0.25) is 0 Å². The number of carbonyl (C=O) groups is 1. The first-order valence-electron chi connectivity index (χ1n) is 10.6. The van der Waals surface area contributed by atoms with Crippen molar-refractivity contribution < 1.29 is 27.4 Å². The Labute approximate surface area is 199 Å². The van der Waals surface area contributed by atoms with Crippen molar-refractivity contribution >= 4 is 15.9 Å². The summed E-state index contributed by atoms with van der Waals surface area (Å²) >= 11 is 0. The normalized spacial score (nSPS) is 12.0. The largest absolute Gasteiger partial charge is 0.496 e. The number of para-hydroxylation sites is 1. The predicted molar refractivity (Wildman–Crippen MR) is 129 cm³/mol. The van der Waals surface area contributed by atoms with Crippen molar-refractivity contribution in [1.82, 2.24) is 10.0 Å². The summed E-state index contributed by atoms with van der Waals surface area (Å²) in [5.41, 5.74) is 1.59. The number of rotatable bonds is 11. The van der Waals surface area contributed by atoms with Crippen LogP contribution in [0.15, 0.2) is 77.7 Å². The van der Waals surface area contributed by atoms with Crippen LogP contribution in [0, 0.1) is 0 Å². The number of amides is 1. The quantitative estimate of drug-likeness (QED) is 0.434. The lowest BCUT2D eigenvalue weighted by Crippen LogP contribution is -2.47. The van der Waals surface area contributed by atoms with Gasteiger partial charge in [-0.25, -0.2) is 8.42 Å². The van der Waals surface area contributed by atoms with Gasteiger partial charge in [-0.15, -0.1) is 0 Å². The standard InChI is InChI=1S/C25H28N2O6S/c1-31-22-12-8-7-11-19(22)17-26-25(28)21(15-18-9-5-4-6-10-18)27-34(29,30)20-13-14-23(32-2)24(16-20)33-3/h4-14,16,21,27H,15,17H2,1-3H3,(H,26,28)/t21-/m0/s1. The Morgan fingerprint density at radius 2 is 1.47 bits per heavy atom. The van der Waals surface area contributed by atoms with Crippen molar-refractivity contribution in [2.45, 2.75) is 23.9 Å². The molecule has 0 aliphatic rings. The first kappa shape index (κ1) is 25.1. The van der Waals surface area contributed by atoms with E-state index in [1.165, 1.54) is 32.4 Å². The van der Waals surface area contributed by atoms with Gasteiger partial charge in [0.05, 0.1) is 26.2 Å². The fourth-order valence-electron chi connectivity index (χ4n) is 3.43. The van der Waals surface area contributed by atoms with Gasteiger partial charge in [0.25, 0.3) is 0 Å². The third-order valence-corrected chi connectivity index (χ3v) is 6.68. The molecule has 0 heterocycles. The summed E-state index contributed by atoms with van der Waals surface area (Å²) in [6.07, 6.45) is 0.172. The van der Waals surface area contributed by atoms with Gasteiger partial charge in [-0.3, -0.25) is 4.79 Å². The second-order valence-corrected chi connectivity index (χ2v) is 9.12. The maximum absolute atomic E-state index is 13.2. The van der Waals surface area contributed by atoms with Crippen LogP contribution < -0.4 is 24.2 Å². The molecule has 8 nitrogen and oxygen atoms in total. The summed E-state index contributed by atoms with van der Waals surface area (Å²) in [4.78, 5) is 13.1. The monoisotopic (exact) mass is 484 g/mol. The zero-order chi connectivity index (χ0) is 24.6. The van der Waals surface area contributed by atoms with E-state index in [1.54, 1.807) is 13.2 Å². The highest BCUT2D eigenvalue weighted by Crippen LogP contribution is 2.29. The molecule has 180 valence electrons. The molecule has 0 fully saturated rings. The highest BCUT2D eigenvalue weighted by atomic mass is 32.2. The van der Waals surface area contributed by atoms with Crippen LogP contribution in [0.4, 0.5) is 0 Å². The molecule has 34 heavy (non-hydrogen) atoms. The lowest BCUT2D eigenvalue weighted by molar-refractivity contribution is -0.122. The van der Waals surface area contributed by atoms with E-state index in [9.17, 15) is 13.2 Å². The minimum Gasteiger partial charge on any atom is -0.496 e. The summed E-state index contributed by atoms with van der Waals surface area (Å²) < 4.78 is 44.6. The third kappa shape index (κ3) is 6.27. The van der Waals surface area contributed by atoms with E-state index in [2.05, 4.69) is 10.0 Å². The Bertz CT molecular complexity index is 1220. The maximum Gasteiger partial charge on any atom is 0.241 e. The van der Waals surface area contributed by atoms with Gasteiger partial charge in [-0.05, 0) is 30.2 Å². The Morgan fingerprint density at radius 3 is 2.15 bits per heavy atom. The zero-order valence-corrected chi connectivity index (χ0v) is 20.1. The van der Waals surface area contributed by atoms with Gasteiger partial charge >= 0.3 is 0 Å². The van der Waals surface area contributed by atoms with Crippen molar-refractivity contribution in [3.05, 3.63) is 83.9 Å². The number of benzene rings is 3. The molecule has 0 aliphatic carbocycles. The summed E-state index contributed by atoms with van der Waals surface area (Å²) in [7, 11) is 0.389. The number of ether oxygens (including phenoxy) is 3. The van der Waals surface area contributed by atoms with Crippen LogP contribution in [0.3, 0.4) is 0 Å². The topological polar surface area (TPSA) is 103 Å². The molecule has 9 heteroatoms. The van der Waals surface area contributed by atoms with Crippen LogP contribution in [-0.2, 0) is 27.8 Å². The number of hydrogen-bond donors (Lipinski definition) is 2. The van der Waals surface area contributed by atoms with Crippen molar-refractivity contribution in [3.8, 4) is 17.2 Å². The molecule has 0 radical (unpaired) electrons. The second kappa shape index (κ2) is 11.5. The van der Waals surface area contributed by atoms with Gasteiger partial charge in [-0.2, -0.15) is 4.72 Å². The minimum absolute atomic E-state index is 0.0410. The Hall–Kier alpha value is -3.56. The predicted octanol–water partition coefficient (Wildman–Crippen LogP) is 2.92. The van der Waals surface area contributed by atoms with Crippen molar-refractivity contribution in [3.63, 3.8) is 0 Å². The molecule has 1 amide bonds.